The van der Waals surface area contributed by atoms with Gasteiger partial charge in [-0.2, -0.15) is 0 Å². The van der Waals surface area contributed by atoms with Gasteiger partial charge in [0.1, 0.15) is 5.75 Å². The van der Waals surface area contributed by atoms with E-state index < -0.39 is 0 Å². The molecule has 0 aliphatic rings. The van der Waals surface area contributed by atoms with Gasteiger partial charge in [0.05, 0.1) is 7.11 Å². The summed E-state index contributed by atoms with van der Waals surface area (Å²) in [5.41, 5.74) is 9.63. The molecule has 20 heavy (non-hydrogen) atoms. The number of pyridine rings is 1. The Morgan fingerprint density at radius 2 is 1.80 bits per heavy atom. The van der Waals surface area contributed by atoms with Gasteiger partial charge in [0.15, 0.2) is 11.5 Å². The lowest BCUT2D eigenvalue weighted by atomic mass is 10.1. The van der Waals surface area contributed by atoms with E-state index in [4.69, 9.17) is 15.2 Å². The molecule has 0 aliphatic heterocycles. The Balaban J connectivity index is 2.44. The molecule has 106 valence electrons. The molecule has 0 bridgehead atoms. The van der Waals surface area contributed by atoms with Crippen molar-refractivity contribution in [3.05, 3.63) is 46.8 Å². The molecule has 2 aromatic rings. The van der Waals surface area contributed by atoms with Crippen molar-refractivity contribution in [1.82, 2.24) is 4.98 Å². The van der Waals surface area contributed by atoms with E-state index in [2.05, 4.69) is 4.98 Å². The molecule has 0 spiro atoms. The summed E-state index contributed by atoms with van der Waals surface area (Å²) in [6, 6.07) is 7.73. The lowest BCUT2D eigenvalue weighted by Gasteiger charge is -2.15. The van der Waals surface area contributed by atoms with E-state index in [9.17, 15) is 0 Å². The zero-order valence-electron chi connectivity index (χ0n) is 12.4. The van der Waals surface area contributed by atoms with Gasteiger partial charge in [-0.3, -0.25) is 4.98 Å². The molecule has 0 fully saturated rings. The van der Waals surface area contributed by atoms with Crippen molar-refractivity contribution in [2.75, 3.05) is 7.11 Å². The molecule has 1 aromatic heterocycles. The Morgan fingerprint density at radius 3 is 2.45 bits per heavy atom. The first-order chi connectivity index (χ1) is 9.55. The number of methoxy groups -OCH3 is 1. The molecule has 0 saturated carbocycles. The summed E-state index contributed by atoms with van der Waals surface area (Å²) >= 11 is 0. The maximum atomic E-state index is 5.99. The first kappa shape index (κ1) is 14.3. The van der Waals surface area contributed by atoms with E-state index in [1.165, 1.54) is 0 Å². The average molecular weight is 272 g/mol. The van der Waals surface area contributed by atoms with Crippen LogP contribution in [0.25, 0.3) is 0 Å². The summed E-state index contributed by atoms with van der Waals surface area (Å²) in [7, 11) is 1.63. The minimum atomic E-state index is 0.391. The van der Waals surface area contributed by atoms with Gasteiger partial charge in [-0.05, 0) is 38.5 Å². The highest BCUT2D eigenvalue weighted by Gasteiger charge is 2.12. The van der Waals surface area contributed by atoms with Gasteiger partial charge >= 0.3 is 0 Å². The van der Waals surface area contributed by atoms with Crippen LogP contribution >= 0.6 is 0 Å². The fraction of sp³-hybridized carbons (Fsp3) is 0.312. The summed E-state index contributed by atoms with van der Waals surface area (Å²) in [6.07, 6.45) is 0. The van der Waals surface area contributed by atoms with Crippen LogP contribution in [0.3, 0.4) is 0 Å². The van der Waals surface area contributed by atoms with Gasteiger partial charge in [-0.15, -0.1) is 0 Å². The number of hydrogen-bond acceptors (Lipinski definition) is 4. The molecule has 0 atom stereocenters. The number of hydrogen-bond donors (Lipinski definition) is 1. The van der Waals surface area contributed by atoms with Crippen LogP contribution in [-0.4, -0.2) is 12.1 Å². The molecule has 2 rings (SSSR count). The highest BCUT2D eigenvalue weighted by Crippen LogP contribution is 2.34. The van der Waals surface area contributed by atoms with Crippen molar-refractivity contribution >= 4 is 0 Å². The predicted molar refractivity (Wildman–Crippen MR) is 79.4 cm³/mol. The SMILES string of the molecule is COc1cc(C)ccc1Oc1cc(C)nc(C)c1CN. The summed E-state index contributed by atoms with van der Waals surface area (Å²) in [6.45, 7) is 6.28. The third-order valence-electron chi connectivity index (χ3n) is 3.16. The molecule has 0 unspecified atom stereocenters. The van der Waals surface area contributed by atoms with Gasteiger partial charge in [0, 0.05) is 29.6 Å². The average Bonchev–Trinajstić information content (AvgIpc) is 2.40. The van der Waals surface area contributed by atoms with Crippen LogP contribution in [0.5, 0.6) is 17.2 Å². The molecular weight excluding hydrogens is 252 g/mol. The van der Waals surface area contributed by atoms with E-state index in [-0.39, 0.29) is 0 Å². The van der Waals surface area contributed by atoms with Crippen LogP contribution in [-0.2, 0) is 6.54 Å². The molecule has 0 radical (unpaired) electrons. The second-order valence-corrected chi connectivity index (χ2v) is 4.79. The fourth-order valence-corrected chi connectivity index (χ4v) is 2.14. The lowest BCUT2D eigenvalue weighted by Crippen LogP contribution is -2.05. The number of nitrogens with two attached hydrogens (primary N) is 1. The molecule has 4 nitrogen and oxygen atoms in total. The fourth-order valence-electron chi connectivity index (χ4n) is 2.14. The standard InChI is InChI=1S/C16H20N2O2/c1-10-5-6-14(16(7-10)19-4)20-15-8-11(2)18-12(3)13(15)9-17/h5-8H,9,17H2,1-4H3. The van der Waals surface area contributed by atoms with Crippen molar-refractivity contribution in [1.29, 1.82) is 0 Å². The van der Waals surface area contributed by atoms with Crippen LogP contribution < -0.4 is 15.2 Å². The summed E-state index contributed by atoms with van der Waals surface area (Å²) in [4.78, 5) is 4.41. The van der Waals surface area contributed by atoms with Crippen molar-refractivity contribution in [2.24, 2.45) is 5.73 Å². The third kappa shape index (κ3) is 2.91. The van der Waals surface area contributed by atoms with Crippen molar-refractivity contribution in [2.45, 2.75) is 27.3 Å². The monoisotopic (exact) mass is 272 g/mol. The number of rotatable bonds is 4. The van der Waals surface area contributed by atoms with Crippen LogP contribution in [0.1, 0.15) is 22.5 Å². The number of ether oxygens (including phenoxy) is 2. The first-order valence-electron chi connectivity index (χ1n) is 6.55. The molecule has 1 heterocycles. The first-order valence-corrected chi connectivity index (χ1v) is 6.55. The smallest absolute Gasteiger partial charge is 0.169 e. The summed E-state index contributed by atoms with van der Waals surface area (Å²) in [5, 5.41) is 0. The molecule has 2 N–H and O–H groups in total. The number of aromatic nitrogens is 1. The minimum absolute atomic E-state index is 0.391. The Hall–Kier alpha value is -2.07. The van der Waals surface area contributed by atoms with Gasteiger partial charge in [-0.25, -0.2) is 0 Å². The number of benzene rings is 1. The van der Waals surface area contributed by atoms with Crippen LogP contribution in [0, 0.1) is 20.8 Å². The van der Waals surface area contributed by atoms with E-state index in [1.807, 2.05) is 45.0 Å². The summed E-state index contributed by atoms with van der Waals surface area (Å²) in [5.74, 6) is 2.12. The Morgan fingerprint density at radius 1 is 1.05 bits per heavy atom. The minimum Gasteiger partial charge on any atom is -0.493 e. The number of nitrogens with zero attached hydrogens (tertiary/aromatic N) is 1. The van der Waals surface area contributed by atoms with Crippen LogP contribution in [0.2, 0.25) is 0 Å². The van der Waals surface area contributed by atoms with E-state index >= 15 is 0 Å². The highest BCUT2D eigenvalue weighted by molar-refractivity contribution is 5.47. The Labute approximate surface area is 119 Å². The predicted octanol–water partition coefficient (Wildman–Crippen LogP) is 3.27. The third-order valence-corrected chi connectivity index (χ3v) is 3.16. The van der Waals surface area contributed by atoms with Gasteiger partial charge in [0.25, 0.3) is 0 Å². The highest BCUT2D eigenvalue weighted by atomic mass is 16.5. The maximum absolute atomic E-state index is 5.99. The van der Waals surface area contributed by atoms with E-state index in [0.29, 0.717) is 18.0 Å². The summed E-state index contributed by atoms with van der Waals surface area (Å²) < 4.78 is 11.4. The molecule has 0 saturated heterocycles. The second-order valence-electron chi connectivity index (χ2n) is 4.79. The second kappa shape index (κ2) is 5.92. The van der Waals surface area contributed by atoms with Gasteiger partial charge < -0.3 is 15.2 Å². The van der Waals surface area contributed by atoms with Crippen molar-refractivity contribution in [3.8, 4) is 17.2 Å². The lowest BCUT2D eigenvalue weighted by molar-refractivity contribution is 0.377. The van der Waals surface area contributed by atoms with Crippen LogP contribution in [0.15, 0.2) is 24.3 Å². The van der Waals surface area contributed by atoms with E-state index in [1.54, 1.807) is 7.11 Å². The van der Waals surface area contributed by atoms with Gasteiger partial charge in [0.2, 0.25) is 0 Å². The normalized spacial score (nSPS) is 10.4. The number of aryl methyl sites for hydroxylation is 3. The van der Waals surface area contributed by atoms with Gasteiger partial charge in [-0.1, -0.05) is 6.07 Å². The van der Waals surface area contributed by atoms with Crippen molar-refractivity contribution < 1.29 is 9.47 Å². The molecule has 4 heteroatoms. The maximum Gasteiger partial charge on any atom is 0.169 e. The quantitative estimate of drug-likeness (QED) is 0.928. The molecule has 0 amide bonds. The van der Waals surface area contributed by atoms with Crippen LogP contribution in [0.4, 0.5) is 0 Å². The largest absolute Gasteiger partial charge is 0.493 e. The zero-order chi connectivity index (χ0) is 14.7. The van der Waals surface area contributed by atoms with Crippen molar-refractivity contribution in [3.63, 3.8) is 0 Å². The molecular formula is C16H20N2O2. The molecule has 1 aromatic carbocycles. The van der Waals surface area contributed by atoms with E-state index in [0.717, 1.165) is 28.3 Å². The molecule has 0 aliphatic carbocycles. The Bertz CT molecular complexity index is 624. The Kier molecular flexibility index (Phi) is 4.25. The topological polar surface area (TPSA) is 57.4 Å². The zero-order valence-corrected chi connectivity index (χ0v) is 12.4.